The van der Waals surface area contributed by atoms with Crippen molar-refractivity contribution in [2.75, 3.05) is 20.2 Å². The van der Waals surface area contributed by atoms with Crippen LogP contribution in [0, 0.1) is 26.7 Å². The van der Waals surface area contributed by atoms with Crippen molar-refractivity contribution in [1.29, 1.82) is 0 Å². The van der Waals surface area contributed by atoms with Crippen LogP contribution in [0.25, 0.3) is 0 Å². The van der Waals surface area contributed by atoms with Crippen LogP contribution in [-0.4, -0.2) is 43.8 Å². The molecule has 30 heavy (non-hydrogen) atoms. The van der Waals surface area contributed by atoms with Gasteiger partial charge in [-0.2, -0.15) is 4.31 Å². The fourth-order valence-electron chi connectivity index (χ4n) is 4.07. The smallest absolute Gasteiger partial charge is 0.243 e. The Bertz CT molecular complexity index is 1010. The number of carbonyl (C=O) groups excluding carboxylic acids is 1. The summed E-state index contributed by atoms with van der Waals surface area (Å²) in [6.45, 7) is 6.70. The third kappa shape index (κ3) is 4.82. The van der Waals surface area contributed by atoms with Gasteiger partial charge in [-0.15, -0.1) is 0 Å². The van der Waals surface area contributed by atoms with Crippen molar-refractivity contribution in [3.63, 3.8) is 0 Å². The molecule has 0 unspecified atom stereocenters. The van der Waals surface area contributed by atoms with Gasteiger partial charge < -0.3 is 10.1 Å². The number of pyridine rings is 1. The molecule has 0 radical (unpaired) electrons. The second-order valence-electron chi connectivity index (χ2n) is 7.83. The van der Waals surface area contributed by atoms with Crippen LogP contribution >= 0.6 is 0 Å². The molecule has 1 aromatic heterocycles. The van der Waals surface area contributed by atoms with Crippen molar-refractivity contribution in [3.8, 4) is 5.88 Å². The van der Waals surface area contributed by atoms with E-state index < -0.39 is 10.0 Å². The van der Waals surface area contributed by atoms with E-state index in [2.05, 4.69) is 10.3 Å². The number of benzene rings is 1. The van der Waals surface area contributed by atoms with Crippen LogP contribution in [0.2, 0.25) is 0 Å². The first-order valence-corrected chi connectivity index (χ1v) is 11.5. The molecule has 0 spiro atoms. The van der Waals surface area contributed by atoms with E-state index in [9.17, 15) is 13.2 Å². The maximum atomic E-state index is 13.2. The van der Waals surface area contributed by atoms with Crippen LogP contribution < -0.4 is 10.1 Å². The number of aromatic nitrogens is 1. The quantitative estimate of drug-likeness (QED) is 0.760. The Morgan fingerprint density at radius 2 is 1.80 bits per heavy atom. The van der Waals surface area contributed by atoms with E-state index in [1.165, 1.54) is 4.31 Å². The van der Waals surface area contributed by atoms with Gasteiger partial charge in [-0.25, -0.2) is 13.4 Å². The molecule has 1 amide bonds. The normalized spacial score (nSPS) is 15.7. The molecule has 1 saturated heterocycles. The van der Waals surface area contributed by atoms with Crippen molar-refractivity contribution in [2.24, 2.45) is 5.92 Å². The lowest BCUT2D eigenvalue weighted by molar-refractivity contribution is -0.126. The van der Waals surface area contributed by atoms with E-state index in [1.54, 1.807) is 19.4 Å². The van der Waals surface area contributed by atoms with Crippen LogP contribution in [0.1, 0.15) is 35.1 Å². The van der Waals surface area contributed by atoms with E-state index >= 15 is 0 Å². The van der Waals surface area contributed by atoms with Crippen LogP contribution in [-0.2, 0) is 21.4 Å². The number of carbonyl (C=O) groups is 1. The summed E-state index contributed by atoms with van der Waals surface area (Å²) < 4.78 is 33.0. The Balaban J connectivity index is 1.60. The molecule has 8 heteroatoms. The molecule has 1 aliphatic rings. The van der Waals surface area contributed by atoms with Crippen LogP contribution in [0.5, 0.6) is 5.88 Å². The molecule has 2 heterocycles. The van der Waals surface area contributed by atoms with E-state index in [0.717, 1.165) is 22.3 Å². The molecule has 0 aliphatic carbocycles. The minimum Gasteiger partial charge on any atom is -0.481 e. The minimum atomic E-state index is -3.57. The van der Waals surface area contributed by atoms with Crippen molar-refractivity contribution < 1.29 is 17.9 Å². The van der Waals surface area contributed by atoms with Gasteiger partial charge in [0.05, 0.1) is 12.0 Å². The number of nitrogens with one attached hydrogen (secondary N) is 1. The Kier molecular flexibility index (Phi) is 6.77. The summed E-state index contributed by atoms with van der Waals surface area (Å²) >= 11 is 0. The third-order valence-corrected chi connectivity index (χ3v) is 7.71. The van der Waals surface area contributed by atoms with E-state index in [-0.39, 0.29) is 11.8 Å². The number of aryl methyl sites for hydroxylation is 3. The predicted octanol–water partition coefficient (Wildman–Crippen LogP) is 2.73. The van der Waals surface area contributed by atoms with Gasteiger partial charge in [0, 0.05) is 37.8 Å². The molecule has 0 saturated carbocycles. The second kappa shape index (κ2) is 9.14. The highest BCUT2D eigenvalue weighted by molar-refractivity contribution is 7.89. The maximum Gasteiger partial charge on any atom is 0.243 e. The zero-order valence-corrected chi connectivity index (χ0v) is 18.8. The van der Waals surface area contributed by atoms with Gasteiger partial charge in [0.25, 0.3) is 0 Å². The number of ether oxygens (including phenoxy) is 1. The van der Waals surface area contributed by atoms with Gasteiger partial charge in [-0.3, -0.25) is 4.79 Å². The minimum absolute atomic E-state index is 0.0504. The molecule has 162 valence electrons. The number of nitrogens with zero attached hydrogens (tertiary/aromatic N) is 2. The topological polar surface area (TPSA) is 88.6 Å². The average molecular weight is 432 g/mol. The molecule has 1 N–H and O–H groups in total. The highest BCUT2D eigenvalue weighted by Gasteiger charge is 2.33. The third-order valence-electron chi connectivity index (χ3n) is 5.50. The molecule has 2 aromatic rings. The summed E-state index contributed by atoms with van der Waals surface area (Å²) in [4.78, 5) is 17.0. The zero-order chi connectivity index (χ0) is 21.9. The Labute approximate surface area is 178 Å². The highest BCUT2D eigenvalue weighted by Crippen LogP contribution is 2.28. The standard InChI is InChI=1S/C22H29N3O4S/c1-15-11-16(2)21(17(3)12-15)30(27,28)25-9-6-19(7-10-25)22(26)24-14-18-5-8-23-20(13-18)29-4/h5,8,11-13,19H,6-7,9-10,14H2,1-4H3,(H,24,26). The highest BCUT2D eigenvalue weighted by atomic mass is 32.2. The van der Waals surface area contributed by atoms with Crippen molar-refractivity contribution in [1.82, 2.24) is 14.6 Å². The van der Waals surface area contributed by atoms with Gasteiger partial charge in [0.15, 0.2) is 0 Å². The SMILES string of the molecule is COc1cc(CNC(=O)C2CCN(S(=O)(=O)c3c(C)cc(C)cc3C)CC2)ccn1. The van der Waals surface area contributed by atoms with E-state index in [4.69, 9.17) is 4.74 Å². The number of amides is 1. The van der Waals surface area contributed by atoms with E-state index in [0.29, 0.717) is 43.3 Å². The number of hydrogen-bond acceptors (Lipinski definition) is 5. The van der Waals surface area contributed by atoms with Gasteiger partial charge in [0.1, 0.15) is 0 Å². The lowest BCUT2D eigenvalue weighted by Crippen LogP contribution is -2.43. The van der Waals surface area contributed by atoms with Gasteiger partial charge in [-0.05, 0) is 56.4 Å². The number of rotatable bonds is 6. The van der Waals surface area contributed by atoms with Crippen LogP contribution in [0.4, 0.5) is 0 Å². The average Bonchev–Trinajstić information content (AvgIpc) is 2.71. The monoisotopic (exact) mass is 431 g/mol. The molecule has 0 atom stereocenters. The first-order chi connectivity index (χ1) is 14.2. The predicted molar refractivity (Wildman–Crippen MR) is 115 cm³/mol. The van der Waals surface area contributed by atoms with Crippen molar-refractivity contribution in [3.05, 3.63) is 52.7 Å². The van der Waals surface area contributed by atoms with Crippen molar-refractivity contribution in [2.45, 2.75) is 45.1 Å². The summed E-state index contributed by atoms with van der Waals surface area (Å²) in [5.41, 5.74) is 3.48. The zero-order valence-electron chi connectivity index (χ0n) is 17.9. The fraction of sp³-hybridized carbons (Fsp3) is 0.455. The number of hydrogen-bond donors (Lipinski definition) is 1. The first kappa shape index (κ1) is 22.2. The summed E-state index contributed by atoms with van der Waals surface area (Å²) in [7, 11) is -2.02. The molecule has 0 bridgehead atoms. The summed E-state index contributed by atoms with van der Waals surface area (Å²) in [5.74, 6) is 0.257. The molecular formula is C22H29N3O4S. The molecule has 1 aromatic carbocycles. The van der Waals surface area contributed by atoms with Crippen LogP contribution in [0.15, 0.2) is 35.4 Å². The molecule has 7 nitrogen and oxygen atoms in total. The Morgan fingerprint density at radius 1 is 1.17 bits per heavy atom. The molecule has 3 rings (SSSR count). The molecular weight excluding hydrogens is 402 g/mol. The largest absolute Gasteiger partial charge is 0.481 e. The van der Waals surface area contributed by atoms with Gasteiger partial charge in [-0.1, -0.05) is 17.7 Å². The Morgan fingerprint density at radius 3 is 2.40 bits per heavy atom. The maximum absolute atomic E-state index is 13.2. The van der Waals surface area contributed by atoms with Crippen molar-refractivity contribution >= 4 is 15.9 Å². The summed E-state index contributed by atoms with van der Waals surface area (Å²) in [6, 6.07) is 7.40. The van der Waals surface area contributed by atoms with Gasteiger partial charge in [0.2, 0.25) is 21.8 Å². The lowest BCUT2D eigenvalue weighted by Gasteiger charge is -2.31. The molecule has 1 fully saturated rings. The Hall–Kier alpha value is -2.45. The molecule has 1 aliphatic heterocycles. The number of piperidine rings is 1. The second-order valence-corrected chi connectivity index (χ2v) is 9.71. The summed E-state index contributed by atoms with van der Waals surface area (Å²) in [5, 5.41) is 2.94. The first-order valence-electron chi connectivity index (χ1n) is 10.1. The van der Waals surface area contributed by atoms with E-state index in [1.807, 2.05) is 39.0 Å². The summed E-state index contributed by atoms with van der Waals surface area (Å²) in [6.07, 6.45) is 2.65. The number of sulfonamides is 1. The van der Waals surface area contributed by atoms with Gasteiger partial charge >= 0.3 is 0 Å². The number of methoxy groups -OCH3 is 1. The lowest BCUT2D eigenvalue weighted by atomic mass is 9.97. The van der Waals surface area contributed by atoms with Crippen LogP contribution in [0.3, 0.4) is 0 Å². The fourth-order valence-corrected chi connectivity index (χ4v) is 5.95.